The molecule has 2 rings (SSSR count). The maximum atomic E-state index is 13.8. The van der Waals surface area contributed by atoms with Crippen LogP contribution in [0, 0.1) is 5.82 Å². The van der Waals surface area contributed by atoms with Gasteiger partial charge in [-0.25, -0.2) is 17.5 Å². The number of aliphatic hydroxyl groups excluding tert-OH is 1. The molecule has 23 heavy (non-hydrogen) atoms. The number of halogens is 2. The highest BCUT2D eigenvalue weighted by Gasteiger charge is 2.18. The molecule has 0 radical (unpaired) electrons. The second-order valence-corrected chi connectivity index (χ2v) is 7.30. The molecule has 126 valence electrons. The second-order valence-electron chi connectivity index (χ2n) is 4.77. The molecule has 0 spiro atoms. The van der Waals surface area contributed by atoms with Crippen molar-refractivity contribution in [3.05, 3.63) is 46.5 Å². The first-order valence-corrected chi connectivity index (χ1v) is 8.86. The summed E-state index contributed by atoms with van der Waals surface area (Å²) in [6, 6.07) is 3.94. The molecule has 0 amide bonds. The van der Waals surface area contributed by atoms with Crippen LogP contribution in [0.25, 0.3) is 0 Å². The van der Waals surface area contributed by atoms with Crippen molar-refractivity contribution in [1.82, 2.24) is 19.7 Å². The molecule has 1 aromatic carbocycles. The quantitative estimate of drug-likeness (QED) is 0.768. The average Bonchev–Trinajstić information content (AvgIpc) is 2.95. The van der Waals surface area contributed by atoms with Crippen molar-refractivity contribution in [3.63, 3.8) is 0 Å². The molecule has 0 aliphatic rings. The molecule has 1 atom stereocenters. The number of benzene rings is 1. The van der Waals surface area contributed by atoms with Crippen molar-refractivity contribution >= 4 is 21.6 Å². The maximum absolute atomic E-state index is 13.8. The summed E-state index contributed by atoms with van der Waals surface area (Å²) in [5.41, 5.74) is 0.192. The molecule has 0 saturated carbocycles. The number of sulfonamides is 1. The van der Waals surface area contributed by atoms with Gasteiger partial charge in [0, 0.05) is 17.1 Å². The van der Waals surface area contributed by atoms with E-state index in [1.165, 1.54) is 29.9 Å². The molecule has 2 N–H and O–H groups in total. The zero-order valence-corrected chi connectivity index (χ0v) is 13.9. The van der Waals surface area contributed by atoms with Crippen LogP contribution in [0.5, 0.6) is 0 Å². The summed E-state index contributed by atoms with van der Waals surface area (Å²) in [5.74, 6) is -0.653. The molecule has 1 unspecified atom stereocenters. The van der Waals surface area contributed by atoms with Crippen molar-refractivity contribution in [3.8, 4) is 0 Å². The number of nitrogens with zero attached hydrogens (tertiary/aromatic N) is 3. The van der Waals surface area contributed by atoms with Gasteiger partial charge in [-0.05, 0) is 19.1 Å². The minimum atomic E-state index is -3.27. The predicted octanol–water partition coefficient (Wildman–Crippen LogP) is 1.09. The average molecular weight is 363 g/mol. The largest absolute Gasteiger partial charge is 0.382 e. The highest BCUT2D eigenvalue weighted by Crippen LogP contribution is 2.24. The molecular formula is C13H16ClFN4O3S. The summed E-state index contributed by atoms with van der Waals surface area (Å²) >= 11 is 5.67. The van der Waals surface area contributed by atoms with Gasteiger partial charge in [0.25, 0.3) is 0 Å². The highest BCUT2D eigenvalue weighted by molar-refractivity contribution is 7.89. The summed E-state index contributed by atoms with van der Waals surface area (Å²) in [4.78, 5) is 0. The number of nitrogens with one attached hydrogen (secondary N) is 1. The Morgan fingerprint density at radius 2 is 2.22 bits per heavy atom. The van der Waals surface area contributed by atoms with Crippen molar-refractivity contribution in [2.75, 3.05) is 12.3 Å². The van der Waals surface area contributed by atoms with Crippen molar-refractivity contribution in [1.29, 1.82) is 0 Å². The first kappa shape index (κ1) is 17.8. The lowest BCUT2D eigenvalue weighted by molar-refractivity contribution is 0.210. The summed E-state index contributed by atoms with van der Waals surface area (Å²) in [7, 11) is -3.27. The lowest BCUT2D eigenvalue weighted by Gasteiger charge is -2.08. The van der Waals surface area contributed by atoms with E-state index in [9.17, 15) is 17.9 Å². The van der Waals surface area contributed by atoms with Crippen molar-refractivity contribution in [2.45, 2.75) is 19.6 Å². The van der Waals surface area contributed by atoms with Crippen molar-refractivity contribution in [2.24, 2.45) is 0 Å². The van der Waals surface area contributed by atoms with Gasteiger partial charge >= 0.3 is 0 Å². The molecule has 0 fully saturated rings. The SMILES string of the molecule is CCS(=O)(=O)NCCn1cc(C(O)c2ccc(Cl)cc2F)nn1. The minimum absolute atomic E-state index is 0.00976. The van der Waals surface area contributed by atoms with Crippen LogP contribution in [0.3, 0.4) is 0 Å². The number of rotatable bonds is 7. The van der Waals surface area contributed by atoms with E-state index in [1.807, 2.05) is 0 Å². The van der Waals surface area contributed by atoms with E-state index in [4.69, 9.17) is 11.6 Å². The van der Waals surface area contributed by atoms with Crippen LogP contribution in [0.2, 0.25) is 5.02 Å². The third-order valence-electron chi connectivity index (χ3n) is 3.14. The number of hydrogen-bond acceptors (Lipinski definition) is 5. The van der Waals surface area contributed by atoms with E-state index < -0.39 is 21.9 Å². The van der Waals surface area contributed by atoms with Gasteiger partial charge < -0.3 is 5.11 Å². The summed E-state index contributed by atoms with van der Waals surface area (Å²) in [6.45, 7) is 1.92. The summed E-state index contributed by atoms with van der Waals surface area (Å²) in [6.07, 6.45) is 0.146. The van der Waals surface area contributed by atoms with Gasteiger partial charge in [-0.3, -0.25) is 4.68 Å². The van der Waals surface area contributed by atoms with E-state index >= 15 is 0 Å². The van der Waals surface area contributed by atoms with E-state index in [1.54, 1.807) is 0 Å². The standard InChI is InChI=1S/C13H16ClFN4O3S/c1-2-23(21,22)16-5-6-19-8-12(17-18-19)13(20)10-4-3-9(14)7-11(10)15/h3-4,7-8,13,16,20H,2,5-6H2,1H3. The molecule has 0 aliphatic carbocycles. The highest BCUT2D eigenvalue weighted by atomic mass is 35.5. The Hall–Kier alpha value is -1.55. The fourth-order valence-electron chi connectivity index (χ4n) is 1.85. The van der Waals surface area contributed by atoms with Crippen LogP contribution < -0.4 is 4.72 Å². The minimum Gasteiger partial charge on any atom is -0.382 e. The molecule has 1 aromatic heterocycles. The molecule has 0 bridgehead atoms. The van der Waals surface area contributed by atoms with Crippen LogP contribution in [-0.2, 0) is 16.6 Å². The lowest BCUT2D eigenvalue weighted by atomic mass is 10.1. The zero-order chi connectivity index (χ0) is 17.0. The Balaban J connectivity index is 2.04. The summed E-state index contributed by atoms with van der Waals surface area (Å²) in [5, 5.41) is 17.9. The van der Waals surface area contributed by atoms with Crippen LogP contribution >= 0.6 is 11.6 Å². The van der Waals surface area contributed by atoms with E-state index in [0.717, 1.165) is 6.07 Å². The Kier molecular flexibility index (Phi) is 5.69. The lowest BCUT2D eigenvalue weighted by Crippen LogP contribution is -2.28. The topological polar surface area (TPSA) is 97.1 Å². The molecule has 0 saturated heterocycles. The third-order valence-corrected chi connectivity index (χ3v) is 4.78. The van der Waals surface area contributed by atoms with Crippen molar-refractivity contribution < 1.29 is 17.9 Å². The maximum Gasteiger partial charge on any atom is 0.211 e. The van der Waals surface area contributed by atoms with Gasteiger partial charge in [-0.2, -0.15) is 0 Å². The van der Waals surface area contributed by atoms with Gasteiger partial charge in [0.1, 0.15) is 17.6 Å². The zero-order valence-electron chi connectivity index (χ0n) is 12.3. The fourth-order valence-corrected chi connectivity index (χ4v) is 2.61. The summed E-state index contributed by atoms with van der Waals surface area (Å²) < 4.78 is 40.2. The van der Waals surface area contributed by atoms with Gasteiger partial charge in [0.05, 0.1) is 18.5 Å². The monoisotopic (exact) mass is 362 g/mol. The number of hydrogen-bond donors (Lipinski definition) is 2. The molecule has 2 aromatic rings. The Morgan fingerprint density at radius 3 is 2.87 bits per heavy atom. The normalized spacial score (nSPS) is 13.2. The van der Waals surface area contributed by atoms with E-state index in [0.29, 0.717) is 0 Å². The smallest absolute Gasteiger partial charge is 0.211 e. The van der Waals surface area contributed by atoms with Gasteiger partial charge in [-0.15, -0.1) is 5.10 Å². The van der Waals surface area contributed by atoms with Crippen LogP contribution in [-0.4, -0.2) is 40.8 Å². The van der Waals surface area contributed by atoms with Gasteiger partial charge in [0.15, 0.2) is 0 Å². The first-order valence-electron chi connectivity index (χ1n) is 6.83. The Labute approximate surface area is 138 Å². The van der Waals surface area contributed by atoms with Gasteiger partial charge in [-0.1, -0.05) is 22.9 Å². The Morgan fingerprint density at radius 1 is 1.48 bits per heavy atom. The Bertz CT molecular complexity index is 781. The predicted molar refractivity (Wildman–Crippen MR) is 83.0 cm³/mol. The van der Waals surface area contributed by atoms with E-state index in [2.05, 4.69) is 15.0 Å². The number of aromatic nitrogens is 3. The first-order chi connectivity index (χ1) is 10.8. The molecular weight excluding hydrogens is 347 g/mol. The van der Waals surface area contributed by atoms with Crippen LogP contribution in [0.1, 0.15) is 24.3 Å². The second kappa shape index (κ2) is 7.35. The van der Waals surface area contributed by atoms with Crippen LogP contribution in [0.15, 0.2) is 24.4 Å². The number of aliphatic hydroxyl groups is 1. The molecule has 1 heterocycles. The molecule has 0 aliphatic heterocycles. The molecule has 10 heteroatoms. The third kappa shape index (κ3) is 4.71. The van der Waals surface area contributed by atoms with E-state index in [-0.39, 0.29) is 35.1 Å². The van der Waals surface area contributed by atoms with Crippen LogP contribution in [0.4, 0.5) is 4.39 Å². The fraction of sp³-hybridized carbons (Fsp3) is 0.385. The van der Waals surface area contributed by atoms with Gasteiger partial charge in [0.2, 0.25) is 10.0 Å². The molecule has 7 nitrogen and oxygen atoms in total.